The van der Waals surface area contributed by atoms with E-state index in [4.69, 9.17) is 4.74 Å². The molecule has 1 atom stereocenters. The van der Waals surface area contributed by atoms with Gasteiger partial charge in [-0.3, -0.25) is 0 Å². The summed E-state index contributed by atoms with van der Waals surface area (Å²) in [6.07, 6.45) is 5.28. The van der Waals surface area contributed by atoms with Crippen LogP contribution < -0.4 is 10.6 Å². The van der Waals surface area contributed by atoms with Gasteiger partial charge in [-0.2, -0.15) is 5.10 Å². The summed E-state index contributed by atoms with van der Waals surface area (Å²) in [4.78, 5) is 15.8. The number of hydrogen-bond donors (Lipinski definition) is 2. The van der Waals surface area contributed by atoms with Crippen LogP contribution in [0, 0.1) is 0 Å². The molecule has 3 rings (SSSR count). The number of nitrogens with one attached hydrogen (secondary N) is 2. The van der Waals surface area contributed by atoms with E-state index in [0.717, 1.165) is 25.1 Å². The summed E-state index contributed by atoms with van der Waals surface area (Å²) in [6, 6.07) is 7.17. The van der Waals surface area contributed by atoms with Gasteiger partial charge in [0.15, 0.2) is 0 Å². The highest BCUT2D eigenvalue weighted by Crippen LogP contribution is 2.14. The molecule has 2 heterocycles. The van der Waals surface area contributed by atoms with Gasteiger partial charge in [0.05, 0.1) is 11.8 Å². The summed E-state index contributed by atoms with van der Waals surface area (Å²) in [7, 11) is 0. The quantitative estimate of drug-likeness (QED) is 0.894. The third-order valence-electron chi connectivity index (χ3n) is 3.30. The largest absolute Gasteiger partial charge is 0.376 e. The number of ether oxygens (including phenoxy) is 1. The van der Waals surface area contributed by atoms with Crippen molar-refractivity contribution < 1.29 is 9.53 Å². The molecule has 1 unspecified atom stereocenters. The van der Waals surface area contributed by atoms with E-state index in [-0.39, 0.29) is 12.1 Å². The van der Waals surface area contributed by atoms with Crippen molar-refractivity contribution >= 4 is 11.7 Å². The van der Waals surface area contributed by atoms with Gasteiger partial charge in [0.2, 0.25) is 0 Å². The van der Waals surface area contributed by atoms with Crippen LogP contribution in [0.3, 0.4) is 0 Å². The lowest BCUT2D eigenvalue weighted by Gasteiger charge is -2.12. The molecule has 110 valence electrons. The molecule has 0 spiro atoms. The first kappa shape index (κ1) is 13.6. The Labute approximate surface area is 122 Å². The van der Waals surface area contributed by atoms with Crippen molar-refractivity contribution in [2.45, 2.75) is 18.9 Å². The van der Waals surface area contributed by atoms with Crippen LogP contribution in [-0.4, -0.2) is 40.1 Å². The predicted octanol–water partition coefficient (Wildman–Crippen LogP) is 1.57. The number of rotatable bonds is 4. The molecule has 1 saturated heterocycles. The summed E-state index contributed by atoms with van der Waals surface area (Å²) in [5.41, 5.74) is 1.54. The second-order valence-corrected chi connectivity index (χ2v) is 4.86. The molecule has 1 aliphatic heterocycles. The lowest BCUT2D eigenvalue weighted by Crippen LogP contribution is -2.35. The van der Waals surface area contributed by atoms with Gasteiger partial charge in [0, 0.05) is 18.8 Å². The summed E-state index contributed by atoms with van der Waals surface area (Å²) in [5, 5.41) is 9.67. The summed E-state index contributed by atoms with van der Waals surface area (Å²) >= 11 is 0. The molecule has 7 nitrogen and oxygen atoms in total. The molecular formula is C14H17N5O2. The van der Waals surface area contributed by atoms with Crippen LogP contribution in [0.1, 0.15) is 12.8 Å². The maximum atomic E-state index is 11.9. The first-order valence-electron chi connectivity index (χ1n) is 6.93. The van der Waals surface area contributed by atoms with Gasteiger partial charge >= 0.3 is 6.03 Å². The van der Waals surface area contributed by atoms with Crippen molar-refractivity contribution in [3.05, 3.63) is 36.9 Å². The van der Waals surface area contributed by atoms with Gasteiger partial charge in [0.1, 0.15) is 12.7 Å². The summed E-state index contributed by atoms with van der Waals surface area (Å²) in [6.45, 7) is 1.32. The third kappa shape index (κ3) is 3.57. The normalized spacial score (nSPS) is 17.6. The first-order chi connectivity index (χ1) is 10.3. The van der Waals surface area contributed by atoms with Crippen molar-refractivity contribution in [2.75, 3.05) is 18.5 Å². The first-order valence-corrected chi connectivity index (χ1v) is 6.93. The zero-order chi connectivity index (χ0) is 14.5. The minimum Gasteiger partial charge on any atom is -0.376 e. The maximum Gasteiger partial charge on any atom is 0.319 e. The highest BCUT2D eigenvalue weighted by molar-refractivity contribution is 5.89. The van der Waals surface area contributed by atoms with Crippen LogP contribution >= 0.6 is 0 Å². The minimum atomic E-state index is -0.235. The lowest BCUT2D eigenvalue weighted by molar-refractivity contribution is 0.112. The van der Waals surface area contributed by atoms with E-state index >= 15 is 0 Å². The molecule has 2 amide bonds. The van der Waals surface area contributed by atoms with Crippen molar-refractivity contribution in [1.82, 2.24) is 20.1 Å². The van der Waals surface area contributed by atoms with Crippen molar-refractivity contribution in [3.8, 4) is 5.69 Å². The van der Waals surface area contributed by atoms with Gasteiger partial charge < -0.3 is 15.4 Å². The number of amides is 2. The molecule has 21 heavy (non-hydrogen) atoms. The fraction of sp³-hybridized carbons (Fsp3) is 0.357. The zero-order valence-electron chi connectivity index (χ0n) is 11.5. The fourth-order valence-electron chi connectivity index (χ4n) is 2.25. The molecule has 0 aliphatic carbocycles. The van der Waals surface area contributed by atoms with Gasteiger partial charge in [-0.05, 0) is 31.0 Å². The number of benzene rings is 1. The maximum absolute atomic E-state index is 11.9. The monoisotopic (exact) mass is 287 g/mol. The number of hydrogen-bond acceptors (Lipinski definition) is 4. The number of carbonyl (C=O) groups excluding carboxylic acids is 1. The molecule has 1 fully saturated rings. The van der Waals surface area contributed by atoms with Gasteiger partial charge in [-0.15, -0.1) is 0 Å². The average molecular weight is 287 g/mol. The SMILES string of the molecule is O=C(NCC1CCCO1)Nc1cccc(-n2cncn2)c1. The lowest BCUT2D eigenvalue weighted by atomic mass is 10.2. The van der Waals surface area contributed by atoms with E-state index in [0.29, 0.717) is 12.2 Å². The Hall–Kier alpha value is -2.41. The van der Waals surface area contributed by atoms with E-state index in [9.17, 15) is 4.79 Å². The zero-order valence-corrected chi connectivity index (χ0v) is 11.5. The Bertz CT molecular complexity index is 593. The van der Waals surface area contributed by atoms with E-state index < -0.39 is 0 Å². The molecule has 0 radical (unpaired) electrons. The molecule has 0 saturated carbocycles. The highest BCUT2D eigenvalue weighted by atomic mass is 16.5. The van der Waals surface area contributed by atoms with Crippen LogP contribution in [0.2, 0.25) is 0 Å². The molecule has 1 aromatic heterocycles. The van der Waals surface area contributed by atoms with Crippen molar-refractivity contribution in [2.24, 2.45) is 0 Å². The summed E-state index contributed by atoms with van der Waals surface area (Å²) in [5.74, 6) is 0. The Morgan fingerprint density at radius 3 is 3.19 bits per heavy atom. The van der Waals surface area contributed by atoms with Crippen LogP contribution in [0.15, 0.2) is 36.9 Å². The second-order valence-electron chi connectivity index (χ2n) is 4.86. The Kier molecular flexibility index (Phi) is 4.11. The standard InChI is InChI=1S/C14H17N5O2/c20-14(16-8-13-5-2-6-21-13)18-11-3-1-4-12(7-11)19-10-15-9-17-19/h1,3-4,7,9-10,13H,2,5-6,8H2,(H2,16,18,20). The summed E-state index contributed by atoms with van der Waals surface area (Å²) < 4.78 is 7.09. The van der Waals surface area contributed by atoms with Crippen LogP contribution in [0.25, 0.3) is 5.69 Å². The molecule has 7 heteroatoms. The van der Waals surface area contributed by atoms with Crippen LogP contribution in [0.5, 0.6) is 0 Å². The van der Waals surface area contributed by atoms with Crippen molar-refractivity contribution in [3.63, 3.8) is 0 Å². The van der Waals surface area contributed by atoms with Crippen LogP contribution in [-0.2, 0) is 4.74 Å². The van der Waals surface area contributed by atoms with Crippen molar-refractivity contribution in [1.29, 1.82) is 0 Å². The molecular weight excluding hydrogens is 270 g/mol. The van der Waals surface area contributed by atoms with E-state index in [1.54, 1.807) is 11.0 Å². The topological polar surface area (TPSA) is 81.1 Å². The second kappa shape index (κ2) is 6.36. The minimum absolute atomic E-state index is 0.136. The number of aromatic nitrogens is 3. The number of urea groups is 1. The predicted molar refractivity (Wildman–Crippen MR) is 77.4 cm³/mol. The van der Waals surface area contributed by atoms with Gasteiger partial charge in [-0.25, -0.2) is 14.5 Å². The molecule has 0 bridgehead atoms. The molecule has 2 N–H and O–H groups in total. The number of nitrogens with zero attached hydrogens (tertiary/aromatic N) is 3. The highest BCUT2D eigenvalue weighted by Gasteiger charge is 2.16. The fourth-order valence-corrected chi connectivity index (χ4v) is 2.25. The Morgan fingerprint density at radius 1 is 1.48 bits per heavy atom. The number of anilines is 1. The molecule has 1 aromatic carbocycles. The van der Waals surface area contributed by atoms with E-state index in [1.807, 2.05) is 24.3 Å². The van der Waals surface area contributed by atoms with Crippen LogP contribution in [0.4, 0.5) is 10.5 Å². The number of carbonyl (C=O) groups is 1. The van der Waals surface area contributed by atoms with E-state index in [1.165, 1.54) is 6.33 Å². The van der Waals surface area contributed by atoms with E-state index in [2.05, 4.69) is 20.7 Å². The van der Waals surface area contributed by atoms with Gasteiger partial charge in [-0.1, -0.05) is 6.07 Å². The molecule has 2 aromatic rings. The Balaban J connectivity index is 1.56. The average Bonchev–Trinajstić information content (AvgIpc) is 3.19. The third-order valence-corrected chi connectivity index (χ3v) is 3.30. The Morgan fingerprint density at radius 2 is 2.43 bits per heavy atom. The smallest absolute Gasteiger partial charge is 0.319 e. The molecule has 1 aliphatic rings. The van der Waals surface area contributed by atoms with Gasteiger partial charge in [0.25, 0.3) is 0 Å².